The van der Waals surface area contributed by atoms with Crippen molar-refractivity contribution in [1.29, 1.82) is 0 Å². The second-order valence-electron chi connectivity index (χ2n) is 5.63. The number of ether oxygens (including phenoxy) is 1. The summed E-state index contributed by atoms with van der Waals surface area (Å²) in [6, 6.07) is 13.2. The molecule has 3 N–H and O–H groups in total. The number of aliphatic hydroxyl groups is 1. The van der Waals surface area contributed by atoms with Gasteiger partial charge < -0.3 is 20.5 Å². The van der Waals surface area contributed by atoms with E-state index < -0.39 is 12.5 Å². The third-order valence-electron chi connectivity index (χ3n) is 3.89. The van der Waals surface area contributed by atoms with Crippen molar-refractivity contribution in [1.82, 2.24) is 0 Å². The maximum absolute atomic E-state index is 11.3. The zero-order chi connectivity index (χ0) is 16.9. The maximum atomic E-state index is 11.3. The lowest BCUT2D eigenvalue weighted by Crippen LogP contribution is -2.15. The fraction of sp³-hybridized carbons (Fsp3) is 0.278. The number of amides is 1. The molecule has 1 atom stereocenters. The molecule has 0 bridgehead atoms. The van der Waals surface area contributed by atoms with Crippen molar-refractivity contribution in [3.05, 3.63) is 53.1 Å². The first-order valence-electron chi connectivity index (χ1n) is 7.86. The first kappa shape index (κ1) is 16.6. The van der Waals surface area contributed by atoms with Crippen molar-refractivity contribution < 1.29 is 14.6 Å². The molecular formula is C18H19ClN2O3. The molecule has 1 aliphatic heterocycles. The third kappa shape index (κ3) is 3.80. The second kappa shape index (κ2) is 7.55. The van der Waals surface area contributed by atoms with Gasteiger partial charge in [0.15, 0.2) is 0 Å². The molecule has 2 aromatic rings. The van der Waals surface area contributed by atoms with E-state index in [9.17, 15) is 4.79 Å². The summed E-state index contributed by atoms with van der Waals surface area (Å²) in [6.45, 7) is 0.102. The van der Waals surface area contributed by atoms with Crippen LogP contribution in [0.3, 0.4) is 0 Å². The lowest BCUT2D eigenvalue weighted by atomic mass is 10.0. The molecule has 0 aromatic heterocycles. The zero-order valence-corrected chi connectivity index (χ0v) is 13.8. The molecule has 1 amide bonds. The van der Waals surface area contributed by atoms with Gasteiger partial charge in [0.05, 0.1) is 17.7 Å². The minimum absolute atomic E-state index is 0.0741. The molecule has 1 heterocycles. The molecule has 2 aromatic carbocycles. The Balaban J connectivity index is 1.82. The first-order chi connectivity index (χ1) is 11.7. The number of carbonyl (C=O) groups is 1. The molecule has 1 unspecified atom stereocenters. The Morgan fingerprint density at radius 2 is 2.04 bits per heavy atom. The average molecular weight is 347 g/mol. The standard InChI is InChI=1S/C18H19ClN2O3/c19-15-7-2-6-14-16(8-3-9-24-18(14)15)20-12-4-1-5-13(10-12)21-17(23)11-22/h1-2,4-7,10,16,20,22H,3,8-9,11H2,(H,21,23). The maximum Gasteiger partial charge on any atom is 0.250 e. The molecule has 6 heteroatoms. The fourth-order valence-corrected chi connectivity index (χ4v) is 3.04. The molecule has 0 fully saturated rings. The molecule has 0 saturated heterocycles. The van der Waals surface area contributed by atoms with Crippen LogP contribution in [-0.2, 0) is 4.79 Å². The fourth-order valence-electron chi connectivity index (χ4n) is 2.81. The summed E-state index contributed by atoms with van der Waals surface area (Å²) >= 11 is 6.26. The minimum atomic E-state index is -0.538. The van der Waals surface area contributed by atoms with E-state index in [4.69, 9.17) is 21.4 Å². The molecule has 5 nitrogen and oxygen atoms in total. The smallest absolute Gasteiger partial charge is 0.250 e. The summed E-state index contributed by atoms with van der Waals surface area (Å²) in [6.07, 6.45) is 1.84. The highest BCUT2D eigenvalue weighted by Gasteiger charge is 2.21. The number of benzene rings is 2. The van der Waals surface area contributed by atoms with Crippen molar-refractivity contribution in [2.45, 2.75) is 18.9 Å². The van der Waals surface area contributed by atoms with E-state index in [0.29, 0.717) is 17.3 Å². The van der Waals surface area contributed by atoms with Gasteiger partial charge >= 0.3 is 0 Å². The van der Waals surface area contributed by atoms with Crippen LogP contribution in [0.15, 0.2) is 42.5 Å². The van der Waals surface area contributed by atoms with E-state index in [2.05, 4.69) is 10.6 Å². The molecule has 0 spiro atoms. The van der Waals surface area contributed by atoms with Gasteiger partial charge in [-0.1, -0.05) is 29.8 Å². The predicted molar refractivity (Wildman–Crippen MR) is 94.7 cm³/mol. The number of halogens is 1. The third-order valence-corrected chi connectivity index (χ3v) is 4.18. The Morgan fingerprint density at radius 1 is 1.25 bits per heavy atom. The molecule has 24 heavy (non-hydrogen) atoms. The quantitative estimate of drug-likeness (QED) is 0.791. The van der Waals surface area contributed by atoms with Crippen LogP contribution in [0.4, 0.5) is 11.4 Å². The van der Waals surface area contributed by atoms with Crippen LogP contribution in [-0.4, -0.2) is 24.2 Å². The van der Waals surface area contributed by atoms with Crippen molar-refractivity contribution in [3.63, 3.8) is 0 Å². The number of anilines is 2. The van der Waals surface area contributed by atoms with Crippen molar-refractivity contribution >= 4 is 28.9 Å². The Labute approximate surface area is 145 Å². The SMILES string of the molecule is O=C(CO)Nc1cccc(NC2CCCOc3c(Cl)cccc32)c1. The lowest BCUT2D eigenvalue weighted by Gasteiger charge is -2.20. The van der Waals surface area contributed by atoms with Gasteiger partial charge in [0.1, 0.15) is 12.4 Å². The van der Waals surface area contributed by atoms with E-state index >= 15 is 0 Å². The summed E-state index contributed by atoms with van der Waals surface area (Å²) in [5.41, 5.74) is 2.55. The molecule has 3 rings (SSSR count). The molecule has 0 saturated carbocycles. The highest BCUT2D eigenvalue weighted by atomic mass is 35.5. The Kier molecular flexibility index (Phi) is 5.23. The summed E-state index contributed by atoms with van der Waals surface area (Å²) in [4.78, 5) is 11.3. The first-order valence-corrected chi connectivity index (χ1v) is 8.23. The van der Waals surface area contributed by atoms with Gasteiger partial charge in [-0.3, -0.25) is 4.79 Å². The Bertz CT molecular complexity index is 736. The number of fused-ring (bicyclic) bond motifs is 1. The number of aliphatic hydroxyl groups excluding tert-OH is 1. The van der Waals surface area contributed by atoms with Gasteiger partial charge in [-0.15, -0.1) is 0 Å². The number of rotatable bonds is 4. The summed E-state index contributed by atoms with van der Waals surface area (Å²) in [5.74, 6) is 0.297. The van der Waals surface area contributed by atoms with Crippen LogP contribution in [0.5, 0.6) is 5.75 Å². The molecule has 126 valence electrons. The monoisotopic (exact) mass is 346 g/mol. The number of para-hydroxylation sites is 1. The number of carbonyl (C=O) groups excluding carboxylic acids is 1. The molecule has 0 aliphatic carbocycles. The lowest BCUT2D eigenvalue weighted by molar-refractivity contribution is -0.118. The van der Waals surface area contributed by atoms with Gasteiger partial charge in [-0.05, 0) is 37.1 Å². The van der Waals surface area contributed by atoms with E-state index in [1.165, 1.54) is 0 Å². The normalized spacial score (nSPS) is 16.5. The molecule has 0 radical (unpaired) electrons. The average Bonchev–Trinajstić information content (AvgIpc) is 2.79. The highest BCUT2D eigenvalue weighted by Crippen LogP contribution is 2.38. The van der Waals surface area contributed by atoms with Crippen molar-refractivity contribution in [3.8, 4) is 5.75 Å². The van der Waals surface area contributed by atoms with Crippen LogP contribution < -0.4 is 15.4 Å². The largest absolute Gasteiger partial charge is 0.492 e. The van der Waals surface area contributed by atoms with Crippen molar-refractivity contribution in [2.75, 3.05) is 23.8 Å². The van der Waals surface area contributed by atoms with E-state index in [1.54, 1.807) is 6.07 Å². The van der Waals surface area contributed by atoms with Crippen LogP contribution in [0, 0.1) is 0 Å². The van der Waals surface area contributed by atoms with E-state index in [1.807, 2.05) is 36.4 Å². The number of hydrogen-bond donors (Lipinski definition) is 3. The Hall–Kier alpha value is -2.24. The van der Waals surface area contributed by atoms with Crippen LogP contribution in [0.1, 0.15) is 24.4 Å². The van der Waals surface area contributed by atoms with Crippen molar-refractivity contribution in [2.24, 2.45) is 0 Å². The summed E-state index contributed by atoms with van der Waals surface area (Å²) in [5, 5.41) is 15.6. The zero-order valence-electron chi connectivity index (χ0n) is 13.1. The Morgan fingerprint density at radius 3 is 2.88 bits per heavy atom. The van der Waals surface area contributed by atoms with Gasteiger partial charge in [0.2, 0.25) is 5.91 Å². The second-order valence-corrected chi connectivity index (χ2v) is 6.04. The van der Waals surface area contributed by atoms with E-state index in [-0.39, 0.29) is 6.04 Å². The predicted octanol–water partition coefficient (Wildman–Crippen LogP) is 3.60. The number of nitrogens with one attached hydrogen (secondary N) is 2. The number of hydrogen-bond acceptors (Lipinski definition) is 4. The highest BCUT2D eigenvalue weighted by molar-refractivity contribution is 6.32. The summed E-state index contributed by atoms with van der Waals surface area (Å²) < 4.78 is 5.78. The van der Waals surface area contributed by atoms with Gasteiger partial charge in [0.25, 0.3) is 0 Å². The van der Waals surface area contributed by atoms with Gasteiger partial charge in [0, 0.05) is 16.9 Å². The minimum Gasteiger partial charge on any atom is -0.492 e. The molecular weight excluding hydrogens is 328 g/mol. The summed E-state index contributed by atoms with van der Waals surface area (Å²) in [7, 11) is 0. The van der Waals surface area contributed by atoms with Gasteiger partial charge in [-0.2, -0.15) is 0 Å². The van der Waals surface area contributed by atoms with Crippen LogP contribution in [0.25, 0.3) is 0 Å². The topological polar surface area (TPSA) is 70.6 Å². The van der Waals surface area contributed by atoms with Gasteiger partial charge in [-0.25, -0.2) is 0 Å². The van der Waals surface area contributed by atoms with E-state index in [0.717, 1.165) is 29.8 Å². The van der Waals surface area contributed by atoms with Crippen LogP contribution in [0.2, 0.25) is 5.02 Å². The molecule has 1 aliphatic rings. The van der Waals surface area contributed by atoms with Crippen LogP contribution >= 0.6 is 11.6 Å².